The van der Waals surface area contributed by atoms with Crippen molar-refractivity contribution in [2.75, 3.05) is 19.1 Å². The zero-order chi connectivity index (χ0) is 13.8. The molecule has 0 aliphatic heterocycles. The molecule has 108 valence electrons. The molecule has 0 aliphatic rings. The summed E-state index contributed by atoms with van der Waals surface area (Å²) in [6.07, 6.45) is 0.703. The lowest BCUT2D eigenvalue weighted by Gasteiger charge is -2.13. The summed E-state index contributed by atoms with van der Waals surface area (Å²) < 4.78 is 12.0. The third-order valence-corrected chi connectivity index (χ3v) is 5.05. The molecule has 0 saturated heterocycles. The van der Waals surface area contributed by atoms with Crippen LogP contribution in [-0.4, -0.2) is 30.2 Å². The first-order chi connectivity index (χ1) is 8.29. The van der Waals surface area contributed by atoms with Crippen LogP contribution < -0.4 is 11.0 Å². The predicted molar refractivity (Wildman–Crippen MR) is 87.6 cm³/mol. The third kappa shape index (κ3) is 7.17. The first-order valence-electron chi connectivity index (χ1n) is 5.82. The van der Waals surface area contributed by atoms with Crippen molar-refractivity contribution in [2.24, 2.45) is 5.73 Å². The van der Waals surface area contributed by atoms with Gasteiger partial charge in [0.05, 0.1) is 0 Å². The molecule has 1 unspecified atom stereocenters. The van der Waals surface area contributed by atoms with E-state index in [0.29, 0.717) is 12.2 Å². The van der Waals surface area contributed by atoms with Crippen LogP contribution in [0.2, 0.25) is 0 Å². The molecular formula is C13H21ClNO2PS. The fourth-order valence-corrected chi connectivity index (χ4v) is 3.09. The number of thioether (sulfide) groups is 1. The minimum atomic E-state index is -2.22. The van der Waals surface area contributed by atoms with Gasteiger partial charge in [-0.05, 0) is 31.4 Å². The van der Waals surface area contributed by atoms with Gasteiger partial charge in [-0.1, -0.05) is 30.0 Å². The molecule has 1 atom stereocenters. The van der Waals surface area contributed by atoms with Crippen molar-refractivity contribution in [2.45, 2.75) is 19.4 Å². The van der Waals surface area contributed by atoms with Crippen LogP contribution in [0.1, 0.15) is 12.5 Å². The summed E-state index contributed by atoms with van der Waals surface area (Å²) in [4.78, 5) is 10.9. The zero-order valence-corrected chi connectivity index (χ0v) is 14.0. The zero-order valence-electron chi connectivity index (χ0n) is 11.5. The number of halogens is 1. The average molecular weight is 322 g/mol. The monoisotopic (exact) mass is 321 g/mol. The van der Waals surface area contributed by atoms with Crippen molar-refractivity contribution in [1.29, 1.82) is 0 Å². The van der Waals surface area contributed by atoms with Crippen molar-refractivity contribution in [3.05, 3.63) is 29.8 Å². The standard InChI is InChI=1S/C13H20NO2PS.ClH/c1-10(15)18-9-12(14)7-11-5-4-6-13(8-11)17(2,3)16;/h4-6,8,12H,7,9,14H2,1-3H3;1H. The van der Waals surface area contributed by atoms with Crippen LogP contribution >= 0.6 is 31.3 Å². The van der Waals surface area contributed by atoms with Gasteiger partial charge in [0.2, 0.25) is 0 Å². The van der Waals surface area contributed by atoms with Gasteiger partial charge in [0.25, 0.3) is 0 Å². The molecule has 0 aromatic heterocycles. The summed E-state index contributed by atoms with van der Waals surface area (Å²) in [5.74, 6) is 0.621. The number of rotatable bonds is 5. The van der Waals surface area contributed by atoms with Gasteiger partial charge in [0, 0.05) is 24.0 Å². The molecule has 0 radical (unpaired) electrons. The molecule has 0 spiro atoms. The molecule has 0 bridgehead atoms. The molecule has 2 N–H and O–H groups in total. The quantitative estimate of drug-likeness (QED) is 0.847. The van der Waals surface area contributed by atoms with E-state index < -0.39 is 7.14 Å². The molecule has 0 heterocycles. The van der Waals surface area contributed by atoms with Crippen LogP contribution in [0.25, 0.3) is 0 Å². The minimum absolute atomic E-state index is 0. The molecule has 3 nitrogen and oxygen atoms in total. The first-order valence-corrected chi connectivity index (χ1v) is 9.41. The summed E-state index contributed by atoms with van der Waals surface area (Å²) in [7, 11) is -2.22. The van der Waals surface area contributed by atoms with Gasteiger partial charge in [-0.3, -0.25) is 4.79 Å². The Kier molecular flexibility index (Phi) is 7.99. The van der Waals surface area contributed by atoms with E-state index in [4.69, 9.17) is 5.73 Å². The largest absolute Gasteiger partial charge is 0.327 e. The van der Waals surface area contributed by atoms with Gasteiger partial charge in [-0.2, -0.15) is 0 Å². The smallest absolute Gasteiger partial charge is 0.185 e. The average Bonchev–Trinajstić information content (AvgIpc) is 2.25. The second kappa shape index (κ2) is 8.11. The highest BCUT2D eigenvalue weighted by Gasteiger charge is 2.12. The summed E-state index contributed by atoms with van der Waals surface area (Å²) >= 11 is 1.25. The van der Waals surface area contributed by atoms with Gasteiger partial charge in [0.1, 0.15) is 7.14 Å². The third-order valence-electron chi connectivity index (χ3n) is 2.53. The Balaban J connectivity index is 0.00000324. The van der Waals surface area contributed by atoms with E-state index in [1.165, 1.54) is 11.8 Å². The van der Waals surface area contributed by atoms with Gasteiger partial charge in [0.15, 0.2) is 5.12 Å². The normalized spacial score (nSPS) is 12.6. The summed E-state index contributed by atoms with van der Waals surface area (Å²) in [5, 5.41) is 0.970. The number of hydrogen-bond acceptors (Lipinski definition) is 4. The number of carbonyl (C=O) groups excluding carboxylic acids is 1. The molecule has 1 rings (SSSR count). The molecule has 0 amide bonds. The highest BCUT2D eigenvalue weighted by Crippen LogP contribution is 2.34. The maximum Gasteiger partial charge on any atom is 0.185 e. The molecule has 19 heavy (non-hydrogen) atoms. The Bertz CT molecular complexity index is 475. The number of benzene rings is 1. The molecule has 1 aromatic carbocycles. The fraction of sp³-hybridized carbons (Fsp3) is 0.462. The fourth-order valence-electron chi connectivity index (χ4n) is 1.60. The first kappa shape index (κ1) is 18.7. The van der Waals surface area contributed by atoms with Gasteiger partial charge < -0.3 is 10.3 Å². The molecule has 0 aliphatic carbocycles. The molecular weight excluding hydrogens is 301 g/mol. The van der Waals surface area contributed by atoms with Crippen molar-refractivity contribution >= 4 is 41.7 Å². The van der Waals surface area contributed by atoms with Crippen molar-refractivity contribution in [3.63, 3.8) is 0 Å². The van der Waals surface area contributed by atoms with Crippen LogP contribution in [-0.2, 0) is 15.8 Å². The predicted octanol–water partition coefficient (Wildman–Crippen LogP) is 2.51. The lowest BCUT2D eigenvalue weighted by atomic mass is 10.1. The van der Waals surface area contributed by atoms with Gasteiger partial charge in [-0.25, -0.2) is 0 Å². The van der Waals surface area contributed by atoms with Crippen molar-refractivity contribution in [1.82, 2.24) is 0 Å². The number of carbonyl (C=O) groups is 1. The van der Waals surface area contributed by atoms with E-state index in [0.717, 1.165) is 10.9 Å². The Morgan fingerprint density at radius 2 is 2.05 bits per heavy atom. The van der Waals surface area contributed by atoms with E-state index in [2.05, 4.69) is 0 Å². The lowest BCUT2D eigenvalue weighted by Crippen LogP contribution is -2.26. The Hall–Kier alpha value is -0.280. The SMILES string of the molecule is CC(=O)SCC(N)Cc1cccc(P(C)(C)=O)c1.Cl. The van der Waals surface area contributed by atoms with E-state index in [1.54, 1.807) is 20.3 Å². The van der Waals surface area contributed by atoms with E-state index in [1.807, 2.05) is 24.3 Å². The van der Waals surface area contributed by atoms with E-state index in [-0.39, 0.29) is 23.6 Å². The molecule has 0 saturated carbocycles. The Labute approximate surface area is 125 Å². The number of nitrogens with two attached hydrogens (primary N) is 1. The highest BCUT2D eigenvalue weighted by atomic mass is 35.5. The van der Waals surface area contributed by atoms with Crippen LogP contribution in [0, 0.1) is 0 Å². The molecule has 6 heteroatoms. The van der Waals surface area contributed by atoms with Gasteiger partial charge >= 0.3 is 0 Å². The number of hydrogen-bond donors (Lipinski definition) is 1. The highest BCUT2D eigenvalue weighted by molar-refractivity contribution is 8.13. The topological polar surface area (TPSA) is 60.2 Å². The lowest BCUT2D eigenvalue weighted by molar-refractivity contribution is -0.109. The molecule has 0 fully saturated rings. The van der Waals surface area contributed by atoms with Crippen molar-refractivity contribution in [3.8, 4) is 0 Å². The van der Waals surface area contributed by atoms with Crippen LogP contribution in [0.15, 0.2) is 24.3 Å². The Morgan fingerprint density at radius 1 is 1.42 bits per heavy atom. The van der Waals surface area contributed by atoms with Crippen LogP contribution in [0.5, 0.6) is 0 Å². The Morgan fingerprint density at radius 3 is 2.58 bits per heavy atom. The minimum Gasteiger partial charge on any atom is -0.327 e. The summed E-state index contributed by atoms with van der Waals surface area (Å²) in [6.45, 7) is 5.07. The maximum atomic E-state index is 12.0. The van der Waals surface area contributed by atoms with Crippen molar-refractivity contribution < 1.29 is 9.36 Å². The molecule has 1 aromatic rings. The van der Waals surface area contributed by atoms with Gasteiger partial charge in [-0.15, -0.1) is 12.4 Å². The summed E-state index contributed by atoms with van der Waals surface area (Å²) in [5.41, 5.74) is 7.05. The van der Waals surface area contributed by atoms with E-state index in [9.17, 15) is 9.36 Å². The second-order valence-electron chi connectivity index (χ2n) is 4.79. The summed E-state index contributed by atoms with van der Waals surface area (Å²) in [6, 6.07) is 7.69. The van der Waals surface area contributed by atoms with Crippen LogP contribution in [0.4, 0.5) is 0 Å². The van der Waals surface area contributed by atoms with E-state index >= 15 is 0 Å². The maximum absolute atomic E-state index is 12.0. The second-order valence-corrected chi connectivity index (χ2v) is 9.20. The van der Waals surface area contributed by atoms with Crippen LogP contribution in [0.3, 0.4) is 0 Å².